The van der Waals surface area contributed by atoms with Crippen LogP contribution in [0.25, 0.3) is 0 Å². The topological polar surface area (TPSA) is 32.3 Å². The van der Waals surface area contributed by atoms with E-state index in [1.165, 1.54) is 5.56 Å². The molecule has 0 heterocycles. The number of aryl methyl sites for hydroxylation is 2. The van der Waals surface area contributed by atoms with Crippen LogP contribution in [0, 0.1) is 13.8 Å². The summed E-state index contributed by atoms with van der Waals surface area (Å²) in [6.45, 7) is 11.9. The average molecular weight is 248 g/mol. The molecule has 1 amide bonds. The van der Waals surface area contributed by atoms with Gasteiger partial charge in [-0.25, -0.2) is 0 Å². The molecular weight excluding hydrogens is 224 g/mol. The zero-order chi connectivity index (χ0) is 13.5. The van der Waals surface area contributed by atoms with Gasteiger partial charge in [-0.3, -0.25) is 4.79 Å². The number of benzene rings is 1. The molecule has 0 bridgehead atoms. The molecule has 0 aromatic heterocycles. The Morgan fingerprint density at radius 2 is 1.89 bits per heavy atom. The maximum atomic E-state index is 12.0. The van der Waals surface area contributed by atoms with Crippen LogP contribution in [0.2, 0.25) is 0 Å². The van der Waals surface area contributed by atoms with Gasteiger partial charge in [0.05, 0.1) is 0 Å². The maximum absolute atomic E-state index is 12.0. The Bertz CT molecular complexity index is 397. The van der Waals surface area contributed by atoms with Gasteiger partial charge in [-0.15, -0.1) is 0 Å². The van der Waals surface area contributed by atoms with Crippen LogP contribution in [0.1, 0.15) is 35.3 Å². The number of hydrogen-bond donors (Lipinski definition) is 1. The highest BCUT2D eigenvalue weighted by Crippen LogP contribution is 2.10. The summed E-state index contributed by atoms with van der Waals surface area (Å²) in [7, 11) is 0. The normalized spacial score (nSPS) is 10.7. The van der Waals surface area contributed by atoms with Crippen molar-refractivity contribution in [2.75, 3.05) is 26.2 Å². The molecule has 18 heavy (non-hydrogen) atoms. The first-order valence-corrected chi connectivity index (χ1v) is 6.66. The lowest BCUT2D eigenvalue weighted by Gasteiger charge is -2.18. The zero-order valence-corrected chi connectivity index (χ0v) is 11.9. The molecule has 3 nitrogen and oxygen atoms in total. The predicted octanol–water partition coefficient (Wildman–Crippen LogP) is 2.38. The number of hydrogen-bond acceptors (Lipinski definition) is 2. The van der Waals surface area contributed by atoms with Crippen LogP contribution in [0.5, 0.6) is 0 Å². The van der Waals surface area contributed by atoms with Gasteiger partial charge in [0.25, 0.3) is 5.91 Å². The van der Waals surface area contributed by atoms with Crippen LogP contribution >= 0.6 is 0 Å². The largest absolute Gasteiger partial charge is 0.351 e. The van der Waals surface area contributed by atoms with E-state index in [1.54, 1.807) is 0 Å². The number of nitrogens with zero attached hydrogens (tertiary/aromatic N) is 1. The molecule has 1 aromatic rings. The first-order chi connectivity index (χ1) is 8.58. The molecule has 0 atom stereocenters. The number of nitrogens with one attached hydrogen (secondary N) is 1. The highest BCUT2D eigenvalue weighted by molar-refractivity contribution is 5.95. The minimum Gasteiger partial charge on any atom is -0.351 e. The Labute approximate surface area is 110 Å². The van der Waals surface area contributed by atoms with Crippen LogP contribution < -0.4 is 5.32 Å². The summed E-state index contributed by atoms with van der Waals surface area (Å²) in [5.41, 5.74) is 3.00. The summed E-state index contributed by atoms with van der Waals surface area (Å²) in [6.07, 6.45) is 0. The van der Waals surface area contributed by atoms with Crippen LogP contribution in [0.4, 0.5) is 0 Å². The summed E-state index contributed by atoms with van der Waals surface area (Å²) in [5.74, 6) is 0.0275. The number of amides is 1. The van der Waals surface area contributed by atoms with E-state index >= 15 is 0 Å². The zero-order valence-electron chi connectivity index (χ0n) is 11.9. The van der Waals surface area contributed by atoms with Gasteiger partial charge in [0.2, 0.25) is 0 Å². The van der Waals surface area contributed by atoms with Crippen molar-refractivity contribution in [3.05, 3.63) is 34.9 Å². The predicted molar refractivity (Wildman–Crippen MR) is 76.0 cm³/mol. The number of likely N-dealkylation sites (N-methyl/N-ethyl adjacent to an activating group) is 1. The fraction of sp³-hybridized carbons (Fsp3) is 0.533. The molecule has 0 saturated heterocycles. The Hall–Kier alpha value is -1.35. The van der Waals surface area contributed by atoms with Crippen molar-refractivity contribution in [2.24, 2.45) is 0 Å². The van der Waals surface area contributed by atoms with Crippen molar-refractivity contribution >= 4 is 5.91 Å². The summed E-state index contributed by atoms with van der Waals surface area (Å²) in [4.78, 5) is 14.3. The van der Waals surface area contributed by atoms with Gasteiger partial charge in [0.1, 0.15) is 0 Å². The molecule has 1 N–H and O–H groups in total. The Morgan fingerprint density at radius 1 is 1.22 bits per heavy atom. The second-order valence-corrected chi connectivity index (χ2v) is 4.60. The van der Waals surface area contributed by atoms with Crippen LogP contribution in [0.15, 0.2) is 18.2 Å². The minimum absolute atomic E-state index is 0.0275. The van der Waals surface area contributed by atoms with Crippen molar-refractivity contribution < 1.29 is 4.79 Å². The molecule has 0 spiro atoms. The molecule has 0 aliphatic heterocycles. The van der Waals surface area contributed by atoms with E-state index in [0.29, 0.717) is 6.54 Å². The van der Waals surface area contributed by atoms with Crippen LogP contribution in [-0.4, -0.2) is 37.0 Å². The number of carbonyl (C=O) groups is 1. The molecular formula is C15H24N2O. The van der Waals surface area contributed by atoms with Crippen LogP contribution in [-0.2, 0) is 0 Å². The van der Waals surface area contributed by atoms with Gasteiger partial charge in [-0.05, 0) is 38.6 Å². The molecule has 100 valence electrons. The van der Waals surface area contributed by atoms with E-state index in [4.69, 9.17) is 0 Å². The van der Waals surface area contributed by atoms with Crippen molar-refractivity contribution in [3.63, 3.8) is 0 Å². The lowest BCUT2D eigenvalue weighted by atomic mass is 10.1. The van der Waals surface area contributed by atoms with E-state index in [0.717, 1.165) is 30.8 Å². The Kier molecular flexibility index (Phi) is 5.86. The first-order valence-electron chi connectivity index (χ1n) is 6.66. The third-order valence-corrected chi connectivity index (χ3v) is 3.23. The SMILES string of the molecule is CCN(CC)CCNC(=O)c1ccc(C)cc1C. The lowest BCUT2D eigenvalue weighted by Crippen LogP contribution is -2.35. The quantitative estimate of drug-likeness (QED) is 0.838. The van der Waals surface area contributed by atoms with Crippen molar-refractivity contribution in [1.82, 2.24) is 10.2 Å². The minimum atomic E-state index is 0.0275. The van der Waals surface area contributed by atoms with Gasteiger partial charge in [-0.2, -0.15) is 0 Å². The van der Waals surface area contributed by atoms with E-state index < -0.39 is 0 Å². The van der Waals surface area contributed by atoms with Gasteiger partial charge >= 0.3 is 0 Å². The molecule has 0 fully saturated rings. The second kappa shape index (κ2) is 7.17. The van der Waals surface area contributed by atoms with Crippen LogP contribution in [0.3, 0.4) is 0 Å². The summed E-state index contributed by atoms with van der Waals surface area (Å²) in [6, 6.07) is 5.92. The molecule has 3 heteroatoms. The maximum Gasteiger partial charge on any atom is 0.251 e. The van der Waals surface area contributed by atoms with Gasteiger partial charge in [0, 0.05) is 18.7 Å². The number of carbonyl (C=O) groups excluding carboxylic acids is 1. The molecule has 1 rings (SSSR count). The fourth-order valence-electron chi connectivity index (χ4n) is 2.03. The molecule has 1 aromatic carbocycles. The van der Waals surface area contributed by atoms with Crippen molar-refractivity contribution in [1.29, 1.82) is 0 Å². The second-order valence-electron chi connectivity index (χ2n) is 4.60. The van der Waals surface area contributed by atoms with Gasteiger partial charge in [0.15, 0.2) is 0 Å². The van der Waals surface area contributed by atoms with Crippen molar-refractivity contribution in [3.8, 4) is 0 Å². The third kappa shape index (κ3) is 4.15. The van der Waals surface area contributed by atoms with E-state index in [-0.39, 0.29) is 5.91 Å². The Balaban J connectivity index is 2.50. The fourth-order valence-corrected chi connectivity index (χ4v) is 2.03. The molecule has 0 aliphatic rings. The summed E-state index contributed by atoms with van der Waals surface area (Å²) < 4.78 is 0. The van der Waals surface area contributed by atoms with E-state index in [9.17, 15) is 4.79 Å². The summed E-state index contributed by atoms with van der Waals surface area (Å²) in [5, 5.41) is 2.98. The first kappa shape index (κ1) is 14.7. The smallest absolute Gasteiger partial charge is 0.251 e. The van der Waals surface area contributed by atoms with E-state index in [2.05, 4.69) is 24.1 Å². The molecule has 0 saturated carbocycles. The Morgan fingerprint density at radius 3 is 2.44 bits per heavy atom. The highest BCUT2D eigenvalue weighted by atomic mass is 16.1. The highest BCUT2D eigenvalue weighted by Gasteiger charge is 2.08. The number of rotatable bonds is 6. The molecule has 0 radical (unpaired) electrons. The van der Waals surface area contributed by atoms with Gasteiger partial charge in [-0.1, -0.05) is 31.5 Å². The van der Waals surface area contributed by atoms with E-state index in [1.807, 2.05) is 32.0 Å². The third-order valence-electron chi connectivity index (χ3n) is 3.23. The average Bonchev–Trinajstić information content (AvgIpc) is 2.34. The summed E-state index contributed by atoms with van der Waals surface area (Å²) >= 11 is 0. The molecule has 0 unspecified atom stereocenters. The van der Waals surface area contributed by atoms with Gasteiger partial charge < -0.3 is 10.2 Å². The standard InChI is InChI=1S/C15H24N2O/c1-5-17(6-2)10-9-16-15(18)14-8-7-12(3)11-13(14)4/h7-8,11H,5-6,9-10H2,1-4H3,(H,16,18). The van der Waals surface area contributed by atoms with Crippen molar-refractivity contribution in [2.45, 2.75) is 27.7 Å². The molecule has 0 aliphatic carbocycles. The monoisotopic (exact) mass is 248 g/mol. The lowest BCUT2D eigenvalue weighted by molar-refractivity contribution is 0.0948.